The quantitative estimate of drug-likeness (QED) is 0.480. The minimum Gasteiger partial charge on any atom is -0.385 e. The molecule has 1 aromatic rings. The Labute approximate surface area is 183 Å². The minimum absolute atomic E-state index is 0.386. The van der Waals surface area contributed by atoms with Gasteiger partial charge < -0.3 is 20.3 Å². The van der Waals surface area contributed by atoms with E-state index in [0.29, 0.717) is 5.41 Å². The Balaban J connectivity index is 1.42. The van der Waals surface area contributed by atoms with Crippen LogP contribution in [0, 0.1) is 5.41 Å². The van der Waals surface area contributed by atoms with Crippen molar-refractivity contribution in [3.8, 4) is 0 Å². The van der Waals surface area contributed by atoms with Crippen molar-refractivity contribution in [2.75, 3.05) is 60.5 Å². The predicted octanol–water partition coefficient (Wildman–Crippen LogP) is 2.70. The topological polar surface area (TPSA) is 52.1 Å². The summed E-state index contributed by atoms with van der Waals surface area (Å²) in [5, 5.41) is 7.01. The third kappa shape index (κ3) is 6.96. The number of aliphatic imine (C=N–C) groups is 1. The van der Waals surface area contributed by atoms with Gasteiger partial charge in [0.05, 0.1) is 0 Å². The van der Waals surface area contributed by atoms with E-state index in [1.807, 2.05) is 7.05 Å². The van der Waals surface area contributed by atoms with Gasteiger partial charge in [-0.2, -0.15) is 0 Å². The normalized spacial score (nSPS) is 20.4. The second-order valence-corrected chi connectivity index (χ2v) is 9.13. The standard InChI is InChI=1S/C24H41N5O/c1-25-23(27-20-24(10-4-11-24)12-17-30-3)26-18-21-6-8-22(9-7-21)19-29-14-5-13-28(2)15-16-29/h6-9H,4-5,10-20H2,1-3H3,(H2,25,26,27). The fourth-order valence-corrected chi connectivity index (χ4v) is 4.47. The van der Waals surface area contributed by atoms with Crippen molar-refractivity contribution < 1.29 is 4.74 Å². The van der Waals surface area contributed by atoms with E-state index in [2.05, 4.69) is 56.7 Å². The van der Waals surface area contributed by atoms with Crippen LogP contribution in [0.5, 0.6) is 0 Å². The van der Waals surface area contributed by atoms with Gasteiger partial charge in [-0.05, 0) is 62.4 Å². The third-order valence-electron chi connectivity index (χ3n) is 6.81. The molecular weight excluding hydrogens is 374 g/mol. The molecule has 2 aliphatic rings. The van der Waals surface area contributed by atoms with Crippen molar-refractivity contribution in [2.24, 2.45) is 10.4 Å². The van der Waals surface area contributed by atoms with E-state index in [4.69, 9.17) is 4.74 Å². The number of nitrogens with one attached hydrogen (secondary N) is 2. The number of rotatable bonds is 9. The Hall–Kier alpha value is -1.63. The summed E-state index contributed by atoms with van der Waals surface area (Å²) >= 11 is 0. The summed E-state index contributed by atoms with van der Waals surface area (Å²) in [5.41, 5.74) is 3.07. The smallest absolute Gasteiger partial charge is 0.191 e. The molecule has 6 nitrogen and oxygen atoms in total. The first-order valence-electron chi connectivity index (χ1n) is 11.5. The Morgan fingerprint density at radius 3 is 2.47 bits per heavy atom. The number of methoxy groups -OCH3 is 1. The molecule has 0 aromatic heterocycles. The summed E-state index contributed by atoms with van der Waals surface area (Å²) in [7, 11) is 5.86. The lowest BCUT2D eigenvalue weighted by Crippen LogP contribution is -2.46. The van der Waals surface area contributed by atoms with Crippen LogP contribution in [0.3, 0.4) is 0 Å². The highest BCUT2D eigenvalue weighted by Crippen LogP contribution is 2.43. The van der Waals surface area contributed by atoms with Crippen molar-refractivity contribution in [1.29, 1.82) is 0 Å². The number of benzene rings is 1. The fourth-order valence-electron chi connectivity index (χ4n) is 4.47. The van der Waals surface area contributed by atoms with Gasteiger partial charge in [0.15, 0.2) is 5.96 Å². The van der Waals surface area contributed by atoms with E-state index in [1.165, 1.54) is 56.4 Å². The maximum Gasteiger partial charge on any atom is 0.191 e. The molecule has 0 spiro atoms. The van der Waals surface area contributed by atoms with Gasteiger partial charge >= 0.3 is 0 Å². The average molecular weight is 416 g/mol. The molecule has 1 heterocycles. The van der Waals surface area contributed by atoms with Crippen LogP contribution in [0.15, 0.2) is 29.3 Å². The molecule has 0 unspecified atom stereocenters. The van der Waals surface area contributed by atoms with Gasteiger partial charge in [0.2, 0.25) is 0 Å². The van der Waals surface area contributed by atoms with E-state index in [9.17, 15) is 0 Å². The van der Waals surface area contributed by atoms with Gasteiger partial charge in [0, 0.05) is 53.5 Å². The van der Waals surface area contributed by atoms with E-state index < -0.39 is 0 Å². The van der Waals surface area contributed by atoms with Crippen LogP contribution in [-0.2, 0) is 17.8 Å². The molecule has 6 heteroatoms. The zero-order valence-electron chi connectivity index (χ0n) is 19.3. The van der Waals surface area contributed by atoms with Crippen LogP contribution >= 0.6 is 0 Å². The summed E-state index contributed by atoms with van der Waals surface area (Å²) in [6.07, 6.45) is 6.29. The van der Waals surface area contributed by atoms with Gasteiger partial charge in [0.25, 0.3) is 0 Å². The molecule has 3 rings (SSSR count). The SMILES string of the molecule is CN=C(NCc1ccc(CN2CCCN(C)CC2)cc1)NCC1(CCOC)CCC1. The fraction of sp³-hybridized carbons (Fsp3) is 0.708. The van der Waals surface area contributed by atoms with Crippen molar-refractivity contribution in [3.05, 3.63) is 35.4 Å². The molecule has 1 aromatic carbocycles. The van der Waals surface area contributed by atoms with Gasteiger partial charge in [-0.3, -0.25) is 9.89 Å². The summed E-state index contributed by atoms with van der Waals surface area (Å²) < 4.78 is 5.30. The summed E-state index contributed by atoms with van der Waals surface area (Å²) in [6.45, 7) is 8.39. The van der Waals surface area contributed by atoms with Crippen LogP contribution in [0.25, 0.3) is 0 Å². The molecule has 0 bridgehead atoms. The number of guanidine groups is 1. The highest BCUT2D eigenvalue weighted by atomic mass is 16.5. The van der Waals surface area contributed by atoms with E-state index in [0.717, 1.165) is 45.2 Å². The van der Waals surface area contributed by atoms with Gasteiger partial charge in [-0.25, -0.2) is 0 Å². The van der Waals surface area contributed by atoms with Crippen molar-refractivity contribution >= 4 is 5.96 Å². The van der Waals surface area contributed by atoms with Gasteiger partial charge in [-0.15, -0.1) is 0 Å². The molecule has 2 fully saturated rings. The monoisotopic (exact) mass is 415 g/mol. The average Bonchev–Trinajstić information content (AvgIpc) is 2.94. The van der Waals surface area contributed by atoms with Gasteiger partial charge in [-0.1, -0.05) is 30.7 Å². The molecule has 1 saturated heterocycles. The van der Waals surface area contributed by atoms with E-state index in [-0.39, 0.29) is 0 Å². The Morgan fingerprint density at radius 1 is 1.03 bits per heavy atom. The summed E-state index contributed by atoms with van der Waals surface area (Å²) in [4.78, 5) is 9.41. The third-order valence-corrected chi connectivity index (χ3v) is 6.81. The number of hydrogen-bond acceptors (Lipinski definition) is 4. The number of likely N-dealkylation sites (N-methyl/N-ethyl adjacent to an activating group) is 1. The van der Waals surface area contributed by atoms with Crippen LogP contribution < -0.4 is 10.6 Å². The molecule has 0 atom stereocenters. The van der Waals surface area contributed by atoms with Crippen LogP contribution in [0.2, 0.25) is 0 Å². The maximum absolute atomic E-state index is 5.30. The molecule has 168 valence electrons. The highest BCUT2D eigenvalue weighted by Gasteiger charge is 2.36. The second-order valence-electron chi connectivity index (χ2n) is 9.13. The summed E-state index contributed by atoms with van der Waals surface area (Å²) in [5.74, 6) is 0.886. The molecule has 1 saturated carbocycles. The maximum atomic E-state index is 5.30. The van der Waals surface area contributed by atoms with Crippen LogP contribution in [-0.4, -0.2) is 76.3 Å². The molecular formula is C24H41N5O. The first-order chi connectivity index (χ1) is 14.6. The lowest BCUT2D eigenvalue weighted by atomic mass is 9.67. The van der Waals surface area contributed by atoms with E-state index in [1.54, 1.807) is 7.11 Å². The van der Waals surface area contributed by atoms with Gasteiger partial charge in [0.1, 0.15) is 0 Å². The number of hydrogen-bond donors (Lipinski definition) is 2. The Kier molecular flexibility index (Phi) is 8.97. The second kappa shape index (κ2) is 11.7. The predicted molar refractivity (Wildman–Crippen MR) is 125 cm³/mol. The first-order valence-corrected chi connectivity index (χ1v) is 11.5. The van der Waals surface area contributed by atoms with Crippen molar-refractivity contribution in [1.82, 2.24) is 20.4 Å². The molecule has 30 heavy (non-hydrogen) atoms. The first kappa shape index (κ1) is 23.0. The van der Waals surface area contributed by atoms with E-state index >= 15 is 0 Å². The van der Waals surface area contributed by atoms with Crippen LogP contribution in [0.4, 0.5) is 0 Å². The Morgan fingerprint density at radius 2 is 1.80 bits per heavy atom. The largest absolute Gasteiger partial charge is 0.385 e. The van der Waals surface area contributed by atoms with Crippen molar-refractivity contribution in [2.45, 2.75) is 45.2 Å². The number of nitrogens with zero attached hydrogens (tertiary/aromatic N) is 3. The zero-order valence-corrected chi connectivity index (χ0v) is 19.3. The molecule has 0 amide bonds. The number of ether oxygens (including phenoxy) is 1. The molecule has 2 N–H and O–H groups in total. The molecule has 1 aliphatic heterocycles. The lowest BCUT2D eigenvalue weighted by Gasteiger charge is -2.42. The van der Waals surface area contributed by atoms with Crippen molar-refractivity contribution in [3.63, 3.8) is 0 Å². The molecule has 1 aliphatic carbocycles. The summed E-state index contributed by atoms with van der Waals surface area (Å²) in [6, 6.07) is 9.03. The highest BCUT2D eigenvalue weighted by molar-refractivity contribution is 5.79. The van der Waals surface area contributed by atoms with Crippen LogP contribution in [0.1, 0.15) is 43.2 Å². The zero-order chi connectivity index (χ0) is 21.2. The Bertz CT molecular complexity index is 656. The minimum atomic E-state index is 0.386. The molecule has 0 radical (unpaired) electrons. The lowest BCUT2D eigenvalue weighted by molar-refractivity contribution is 0.0732.